The number of rotatable bonds is 1. The second kappa shape index (κ2) is 4.38. The van der Waals surface area contributed by atoms with E-state index in [0.29, 0.717) is 6.04 Å². The minimum absolute atomic E-state index is 0.111. The fourth-order valence-corrected chi connectivity index (χ4v) is 4.83. The van der Waals surface area contributed by atoms with Crippen LogP contribution in [0.3, 0.4) is 0 Å². The van der Waals surface area contributed by atoms with Crippen molar-refractivity contribution < 1.29 is 9.53 Å². The second-order valence-corrected chi connectivity index (χ2v) is 9.14. The maximum absolute atomic E-state index is 12.0. The molecule has 100 valence electrons. The molecule has 4 heteroatoms. The zero-order chi connectivity index (χ0) is 12.8. The van der Waals surface area contributed by atoms with Gasteiger partial charge in [-0.25, -0.2) is 4.79 Å². The molecular weight excluding hydrogens is 234 g/mol. The van der Waals surface area contributed by atoms with Crippen LogP contribution >= 0.6 is 10.9 Å². The predicted octanol–water partition coefficient (Wildman–Crippen LogP) is 2.65. The summed E-state index contributed by atoms with van der Waals surface area (Å²) in [6.07, 6.45) is 7.00. The van der Waals surface area contributed by atoms with Crippen LogP contribution in [-0.4, -0.2) is 46.9 Å². The number of piperidine rings is 1. The molecule has 3 atom stereocenters. The molecule has 2 aliphatic rings. The van der Waals surface area contributed by atoms with E-state index in [1.54, 1.807) is 0 Å². The van der Waals surface area contributed by atoms with Gasteiger partial charge in [-0.05, 0) is 57.3 Å². The van der Waals surface area contributed by atoms with Crippen molar-refractivity contribution in [3.63, 3.8) is 0 Å². The molecule has 1 heterocycles. The highest BCUT2D eigenvalue weighted by atomic mass is 32.2. The molecule has 0 spiro atoms. The van der Waals surface area contributed by atoms with Crippen molar-refractivity contribution in [3.8, 4) is 0 Å². The maximum atomic E-state index is 12.0. The van der Waals surface area contributed by atoms with Crippen molar-refractivity contribution in [3.05, 3.63) is 0 Å². The van der Waals surface area contributed by atoms with E-state index in [1.165, 1.54) is 12.8 Å². The summed E-state index contributed by atoms with van der Waals surface area (Å²) in [6, 6.07) is 0.449. The molecule has 0 aromatic rings. The summed E-state index contributed by atoms with van der Waals surface area (Å²) in [5.41, 5.74) is -0.375. The minimum atomic E-state index is -0.375. The van der Waals surface area contributed by atoms with E-state index >= 15 is 0 Å². The van der Waals surface area contributed by atoms with Crippen molar-refractivity contribution in [2.45, 2.75) is 50.5 Å². The highest BCUT2D eigenvalue weighted by Crippen LogP contribution is 2.47. The number of thiol groups is 1. The second-order valence-electron chi connectivity index (χ2n) is 6.55. The lowest BCUT2D eigenvalue weighted by Gasteiger charge is -2.35. The highest BCUT2D eigenvalue weighted by molar-refractivity contribution is 8.16. The molecule has 3 nitrogen and oxygen atoms in total. The van der Waals surface area contributed by atoms with Gasteiger partial charge in [0.1, 0.15) is 5.60 Å². The average Bonchev–Trinajstić information content (AvgIpc) is 2.72. The third-order valence-corrected chi connectivity index (χ3v) is 5.75. The van der Waals surface area contributed by atoms with Gasteiger partial charge in [-0.1, -0.05) is 0 Å². The Kier molecular flexibility index (Phi) is 3.36. The first-order valence-electron chi connectivity index (χ1n) is 6.44. The topological polar surface area (TPSA) is 29.5 Å². The smallest absolute Gasteiger partial charge is 0.410 e. The molecule has 0 radical (unpaired) electrons. The van der Waals surface area contributed by atoms with E-state index in [-0.39, 0.29) is 22.6 Å². The van der Waals surface area contributed by atoms with Crippen LogP contribution in [0.2, 0.25) is 0 Å². The van der Waals surface area contributed by atoms with E-state index in [2.05, 4.69) is 12.5 Å². The van der Waals surface area contributed by atoms with E-state index in [4.69, 9.17) is 4.74 Å². The quantitative estimate of drug-likeness (QED) is 0.734. The first-order chi connectivity index (χ1) is 7.78. The van der Waals surface area contributed by atoms with E-state index in [1.807, 2.05) is 25.7 Å². The molecule has 1 saturated heterocycles. The number of nitrogens with zero attached hydrogens (tertiary/aromatic N) is 1. The summed E-state index contributed by atoms with van der Waals surface area (Å²) in [5.74, 6) is 0.730. The molecule has 2 bridgehead atoms. The van der Waals surface area contributed by atoms with Gasteiger partial charge in [0.25, 0.3) is 0 Å². The average molecular weight is 259 g/mol. The van der Waals surface area contributed by atoms with Crippen LogP contribution in [-0.2, 0) is 4.74 Å². The van der Waals surface area contributed by atoms with Crippen molar-refractivity contribution >= 4 is 17.0 Å². The lowest BCUT2D eigenvalue weighted by molar-refractivity contribution is 0.0194. The summed E-state index contributed by atoms with van der Waals surface area (Å²) in [4.78, 5) is 14.0. The summed E-state index contributed by atoms with van der Waals surface area (Å²) >= 11 is 0. The molecule has 2 rings (SSSR count). The number of hydrogen-bond acceptors (Lipinski definition) is 2. The molecule has 3 unspecified atom stereocenters. The first kappa shape index (κ1) is 13.1. The van der Waals surface area contributed by atoms with E-state index in [0.717, 1.165) is 17.7 Å². The Balaban J connectivity index is 1.94. The predicted molar refractivity (Wildman–Crippen MR) is 74.1 cm³/mol. The number of amides is 1. The van der Waals surface area contributed by atoms with E-state index in [9.17, 15) is 4.79 Å². The number of ether oxygens (including phenoxy) is 1. The molecule has 1 saturated carbocycles. The van der Waals surface area contributed by atoms with Crippen LogP contribution in [0.5, 0.6) is 0 Å². The number of hydrogen-bond donors (Lipinski definition) is 1. The van der Waals surface area contributed by atoms with Gasteiger partial charge in [-0.2, -0.15) is 0 Å². The van der Waals surface area contributed by atoms with Gasteiger partial charge in [0, 0.05) is 12.6 Å². The maximum Gasteiger partial charge on any atom is 0.410 e. The molecule has 1 amide bonds. The third kappa shape index (κ3) is 2.72. The summed E-state index contributed by atoms with van der Waals surface area (Å²) < 4.78 is 5.46. The number of carbonyl (C=O) groups is 1. The molecular formula is C13H25NO2S. The van der Waals surface area contributed by atoms with Crippen molar-refractivity contribution in [1.82, 2.24) is 4.90 Å². The molecule has 1 aliphatic carbocycles. The summed E-state index contributed by atoms with van der Waals surface area (Å²) in [6.45, 7) is 6.71. The largest absolute Gasteiger partial charge is 0.444 e. The number of carbonyl (C=O) groups excluding carboxylic acids is 1. The zero-order valence-corrected chi connectivity index (χ0v) is 12.5. The van der Waals surface area contributed by atoms with E-state index < -0.39 is 0 Å². The standard InChI is InChI=1S/C13H25NO2S/c1-13(2,3)16-12(15)14-8-9-6-10(14)7-11(9)17(4)5/h9-11,17H,6-8H2,1-5H3. The lowest BCUT2D eigenvalue weighted by atomic mass is 10.1. The Morgan fingerprint density at radius 1 is 1.29 bits per heavy atom. The normalized spacial score (nSPS) is 32.9. The summed E-state index contributed by atoms with van der Waals surface area (Å²) in [7, 11) is 0.140. The first-order valence-corrected chi connectivity index (χ1v) is 8.74. The van der Waals surface area contributed by atoms with Gasteiger partial charge in [0.05, 0.1) is 0 Å². The van der Waals surface area contributed by atoms with Crippen LogP contribution in [0.15, 0.2) is 0 Å². The van der Waals surface area contributed by atoms with Crippen LogP contribution in [0.1, 0.15) is 33.6 Å². The Hall–Kier alpha value is -0.380. The highest BCUT2D eigenvalue weighted by Gasteiger charge is 2.47. The van der Waals surface area contributed by atoms with Gasteiger partial charge in [0.2, 0.25) is 0 Å². The Labute approximate surface area is 107 Å². The zero-order valence-electron chi connectivity index (χ0n) is 11.6. The Bertz CT molecular complexity index is 311. The van der Waals surface area contributed by atoms with Crippen molar-refractivity contribution in [1.29, 1.82) is 0 Å². The van der Waals surface area contributed by atoms with Gasteiger partial charge < -0.3 is 9.64 Å². The fraction of sp³-hybridized carbons (Fsp3) is 0.923. The Morgan fingerprint density at radius 3 is 2.35 bits per heavy atom. The SMILES string of the molecule is C[SH](C)C1CC2CC1CN2C(=O)OC(C)(C)C. The van der Waals surface area contributed by atoms with Crippen molar-refractivity contribution in [2.24, 2.45) is 5.92 Å². The van der Waals surface area contributed by atoms with Gasteiger partial charge in [-0.3, -0.25) is 10.9 Å². The van der Waals surface area contributed by atoms with Crippen LogP contribution in [0, 0.1) is 5.92 Å². The van der Waals surface area contributed by atoms with Crippen LogP contribution < -0.4 is 0 Å². The lowest BCUT2D eigenvalue weighted by Crippen LogP contribution is -2.44. The monoisotopic (exact) mass is 259 g/mol. The molecule has 0 aromatic heterocycles. The summed E-state index contributed by atoms with van der Waals surface area (Å²) in [5, 5.41) is 0.869. The Morgan fingerprint density at radius 2 is 1.94 bits per heavy atom. The molecule has 0 N–H and O–H groups in total. The third-order valence-electron chi connectivity index (χ3n) is 3.80. The van der Waals surface area contributed by atoms with Gasteiger partial charge in [-0.15, -0.1) is 0 Å². The fourth-order valence-electron chi connectivity index (χ4n) is 3.10. The molecule has 0 aromatic carbocycles. The minimum Gasteiger partial charge on any atom is -0.444 e. The van der Waals surface area contributed by atoms with Crippen LogP contribution in [0.4, 0.5) is 4.79 Å². The molecule has 2 fully saturated rings. The van der Waals surface area contributed by atoms with Gasteiger partial charge in [0.15, 0.2) is 0 Å². The number of fused-ring (bicyclic) bond motifs is 2. The van der Waals surface area contributed by atoms with Crippen molar-refractivity contribution in [2.75, 3.05) is 19.1 Å². The molecule has 1 aliphatic heterocycles. The van der Waals surface area contributed by atoms with Gasteiger partial charge >= 0.3 is 6.09 Å². The molecule has 17 heavy (non-hydrogen) atoms. The van der Waals surface area contributed by atoms with Crippen LogP contribution in [0.25, 0.3) is 0 Å². The number of likely N-dealkylation sites (tertiary alicyclic amines) is 1.